The summed E-state index contributed by atoms with van der Waals surface area (Å²) in [6.45, 7) is 2.14. The van der Waals surface area contributed by atoms with Gasteiger partial charge in [-0.25, -0.2) is 13.6 Å². The maximum absolute atomic E-state index is 14.9. The van der Waals surface area contributed by atoms with Gasteiger partial charge in [0.15, 0.2) is 11.6 Å². The van der Waals surface area contributed by atoms with Crippen LogP contribution in [0.2, 0.25) is 0 Å². The third-order valence-corrected chi connectivity index (χ3v) is 6.59. The predicted octanol–water partition coefficient (Wildman–Crippen LogP) is 4.68. The van der Waals surface area contributed by atoms with E-state index in [1.807, 2.05) is 0 Å². The lowest BCUT2D eigenvalue weighted by Gasteiger charge is -2.36. The van der Waals surface area contributed by atoms with Gasteiger partial charge in [-0.1, -0.05) is 12.8 Å². The first-order valence-corrected chi connectivity index (χ1v) is 11.5. The molecule has 2 aliphatic heterocycles. The zero-order valence-corrected chi connectivity index (χ0v) is 17.9. The standard InChI is InChI=1S/C23H31F2N3O3/c24-19-13-17(26-22(29)16-7-2-3-8-16)14-20(25)21(19)28-12-6-9-18(15-28)31-23(30)27-10-4-1-5-11-27/h13-14,16,18H,1-12,15H2,(H,26,29). The average molecular weight is 436 g/mol. The summed E-state index contributed by atoms with van der Waals surface area (Å²) in [5.41, 5.74) is 0.0123. The number of anilines is 2. The highest BCUT2D eigenvalue weighted by atomic mass is 19.1. The summed E-state index contributed by atoms with van der Waals surface area (Å²) >= 11 is 0. The van der Waals surface area contributed by atoms with Crippen LogP contribution in [0.3, 0.4) is 0 Å². The highest BCUT2D eigenvalue weighted by molar-refractivity contribution is 5.92. The van der Waals surface area contributed by atoms with Crippen LogP contribution in [0.15, 0.2) is 12.1 Å². The molecule has 3 fully saturated rings. The highest BCUT2D eigenvalue weighted by Gasteiger charge is 2.29. The van der Waals surface area contributed by atoms with E-state index in [9.17, 15) is 18.4 Å². The number of ether oxygens (including phenoxy) is 1. The van der Waals surface area contributed by atoms with E-state index in [2.05, 4.69) is 5.32 Å². The van der Waals surface area contributed by atoms with Crippen molar-refractivity contribution in [2.24, 2.45) is 5.92 Å². The van der Waals surface area contributed by atoms with E-state index in [1.165, 1.54) is 12.1 Å². The molecule has 1 aromatic rings. The van der Waals surface area contributed by atoms with E-state index < -0.39 is 17.7 Å². The number of piperidine rings is 2. The fraction of sp³-hybridized carbons (Fsp3) is 0.652. The molecule has 1 atom stereocenters. The lowest BCUT2D eigenvalue weighted by molar-refractivity contribution is -0.119. The summed E-state index contributed by atoms with van der Waals surface area (Å²) < 4.78 is 35.3. The minimum atomic E-state index is -0.718. The number of carbonyl (C=O) groups is 2. The van der Waals surface area contributed by atoms with Gasteiger partial charge >= 0.3 is 6.09 Å². The second-order valence-electron chi connectivity index (χ2n) is 8.90. The second-order valence-corrected chi connectivity index (χ2v) is 8.90. The number of benzene rings is 1. The zero-order valence-electron chi connectivity index (χ0n) is 17.9. The molecular formula is C23H31F2N3O3. The van der Waals surface area contributed by atoms with Crippen molar-refractivity contribution in [3.8, 4) is 0 Å². The number of hydrogen-bond acceptors (Lipinski definition) is 4. The lowest BCUT2D eigenvalue weighted by Crippen LogP contribution is -2.44. The number of hydrogen-bond donors (Lipinski definition) is 1. The van der Waals surface area contributed by atoms with Gasteiger partial charge in [0.05, 0.1) is 6.54 Å². The van der Waals surface area contributed by atoms with Crippen molar-refractivity contribution in [1.29, 1.82) is 0 Å². The van der Waals surface area contributed by atoms with Crippen LogP contribution in [-0.4, -0.2) is 49.2 Å². The Labute approximate surface area is 181 Å². The molecule has 8 heteroatoms. The number of halogens is 2. The molecule has 170 valence electrons. The molecule has 1 saturated carbocycles. The quantitative estimate of drug-likeness (QED) is 0.746. The maximum Gasteiger partial charge on any atom is 0.410 e. The van der Waals surface area contributed by atoms with Crippen molar-refractivity contribution in [3.63, 3.8) is 0 Å². The van der Waals surface area contributed by atoms with E-state index in [0.29, 0.717) is 32.5 Å². The normalized spacial score (nSPS) is 22.5. The Morgan fingerprint density at radius 1 is 0.903 bits per heavy atom. The average Bonchev–Trinajstić information content (AvgIpc) is 3.29. The van der Waals surface area contributed by atoms with Crippen molar-refractivity contribution in [1.82, 2.24) is 4.90 Å². The topological polar surface area (TPSA) is 61.9 Å². The highest BCUT2D eigenvalue weighted by Crippen LogP contribution is 2.31. The van der Waals surface area contributed by atoms with E-state index in [1.54, 1.807) is 9.80 Å². The van der Waals surface area contributed by atoms with E-state index in [-0.39, 0.29) is 35.8 Å². The van der Waals surface area contributed by atoms with Crippen molar-refractivity contribution < 1.29 is 23.1 Å². The number of carbonyl (C=O) groups excluding carboxylic acids is 2. The van der Waals surface area contributed by atoms with Crippen LogP contribution in [0.4, 0.5) is 25.0 Å². The lowest BCUT2D eigenvalue weighted by atomic mass is 10.1. The third-order valence-electron chi connectivity index (χ3n) is 6.59. The minimum absolute atomic E-state index is 0.0803. The Bertz CT molecular complexity index is 784. The summed E-state index contributed by atoms with van der Waals surface area (Å²) in [4.78, 5) is 28.0. The molecule has 2 heterocycles. The first-order chi connectivity index (χ1) is 15.0. The van der Waals surface area contributed by atoms with Gasteiger partial charge in [0, 0.05) is 31.2 Å². The van der Waals surface area contributed by atoms with Gasteiger partial charge in [-0.3, -0.25) is 4.79 Å². The molecule has 1 unspecified atom stereocenters. The van der Waals surface area contributed by atoms with E-state index in [0.717, 1.165) is 44.9 Å². The van der Waals surface area contributed by atoms with E-state index >= 15 is 0 Å². The van der Waals surface area contributed by atoms with Gasteiger partial charge in [-0.2, -0.15) is 0 Å². The van der Waals surface area contributed by atoms with Gasteiger partial charge in [0.25, 0.3) is 0 Å². The molecule has 0 spiro atoms. The minimum Gasteiger partial charge on any atom is -0.444 e. The Balaban J connectivity index is 1.39. The van der Waals surface area contributed by atoms with Crippen LogP contribution in [0.5, 0.6) is 0 Å². The molecule has 4 rings (SSSR count). The molecule has 1 aliphatic carbocycles. The molecule has 2 amide bonds. The zero-order chi connectivity index (χ0) is 21.8. The van der Waals surface area contributed by atoms with Gasteiger partial charge in [-0.15, -0.1) is 0 Å². The summed E-state index contributed by atoms with van der Waals surface area (Å²) in [7, 11) is 0. The molecule has 31 heavy (non-hydrogen) atoms. The van der Waals surface area contributed by atoms with Crippen LogP contribution >= 0.6 is 0 Å². The fourth-order valence-corrected chi connectivity index (χ4v) is 4.90. The molecule has 0 aromatic heterocycles. The van der Waals surface area contributed by atoms with Crippen LogP contribution in [0.25, 0.3) is 0 Å². The molecular weight excluding hydrogens is 404 g/mol. The predicted molar refractivity (Wildman–Crippen MR) is 114 cm³/mol. The second kappa shape index (κ2) is 9.83. The Morgan fingerprint density at radius 3 is 2.26 bits per heavy atom. The molecule has 1 aromatic carbocycles. The van der Waals surface area contributed by atoms with Gasteiger partial charge in [0.1, 0.15) is 11.8 Å². The maximum atomic E-state index is 14.9. The van der Waals surface area contributed by atoms with Crippen LogP contribution in [-0.2, 0) is 9.53 Å². The third kappa shape index (κ3) is 5.28. The SMILES string of the molecule is O=C(Nc1cc(F)c(N2CCCC(OC(=O)N3CCCCC3)C2)c(F)c1)C1CCCC1. The van der Waals surface area contributed by atoms with Crippen LogP contribution in [0.1, 0.15) is 57.8 Å². The Kier molecular flexibility index (Phi) is 6.92. The van der Waals surface area contributed by atoms with Crippen molar-refractivity contribution in [2.75, 3.05) is 36.4 Å². The van der Waals surface area contributed by atoms with Crippen molar-refractivity contribution in [2.45, 2.75) is 63.9 Å². The van der Waals surface area contributed by atoms with Crippen LogP contribution < -0.4 is 10.2 Å². The number of likely N-dealkylation sites (tertiary alicyclic amines) is 1. The number of rotatable bonds is 4. The van der Waals surface area contributed by atoms with Gasteiger partial charge in [0.2, 0.25) is 5.91 Å². The van der Waals surface area contributed by atoms with Gasteiger partial charge in [-0.05, 0) is 57.1 Å². The molecule has 2 saturated heterocycles. The van der Waals surface area contributed by atoms with E-state index in [4.69, 9.17) is 4.74 Å². The molecule has 1 N–H and O–H groups in total. The summed E-state index contributed by atoms with van der Waals surface area (Å²) in [6.07, 6.45) is 7.36. The first kappa shape index (κ1) is 21.8. The monoisotopic (exact) mass is 435 g/mol. The largest absolute Gasteiger partial charge is 0.444 e. The fourth-order valence-electron chi connectivity index (χ4n) is 4.90. The van der Waals surface area contributed by atoms with Crippen molar-refractivity contribution >= 4 is 23.4 Å². The summed E-state index contributed by atoms with van der Waals surface area (Å²) in [5, 5.41) is 2.65. The molecule has 0 radical (unpaired) electrons. The first-order valence-electron chi connectivity index (χ1n) is 11.5. The van der Waals surface area contributed by atoms with Crippen LogP contribution in [0, 0.1) is 17.6 Å². The number of nitrogens with one attached hydrogen (secondary N) is 1. The molecule has 6 nitrogen and oxygen atoms in total. The summed E-state index contributed by atoms with van der Waals surface area (Å²) in [6, 6.07) is 2.35. The van der Waals surface area contributed by atoms with Crippen molar-refractivity contribution in [3.05, 3.63) is 23.8 Å². The smallest absolute Gasteiger partial charge is 0.410 e. The number of nitrogens with zero attached hydrogens (tertiary/aromatic N) is 2. The molecule has 0 bridgehead atoms. The number of amides is 2. The Morgan fingerprint density at radius 2 is 1.58 bits per heavy atom. The molecule has 3 aliphatic rings. The summed E-state index contributed by atoms with van der Waals surface area (Å²) in [5.74, 6) is -1.69. The Hall–Kier alpha value is -2.38. The van der Waals surface area contributed by atoms with Gasteiger partial charge < -0.3 is 19.9 Å².